The van der Waals surface area contributed by atoms with E-state index in [9.17, 15) is 9.59 Å². The van der Waals surface area contributed by atoms with E-state index in [1.807, 2.05) is 0 Å². The number of nitrogens with zero attached hydrogens (tertiary/aromatic N) is 1. The van der Waals surface area contributed by atoms with Crippen LogP contribution < -0.4 is 20.1 Å². The maximum Gasteiger partial charge on any atom is 0.256 e. The molecule has 0 bridgehead atoms. The summed E-state index contributed by atoms with van der Waals surface area (Å²) in [7, 11) is 4.71. The summed E-state index contributed by atoms with van der Waals surface area (Å²) >= 11 is 0. The molecule has 1 aliphatic heterocycles. The first-order chi connectivity index (χ1) is 11.1. The van der Waals surface area contributed by atoms with Gasteiger partial charge in [0.15, 0.2) is 11.5 Å². The second kappa shape index (κ2) is 7.82. The van der Waals surface area contributed by atoms with Crippen molar-refractivity contribution < 1.29 is 19.1 Å². The molecule has 1 fully saturated rings. The van der Waals surface area contributed by atoms with Gasteiger partial charge in [-0.1, -0.05) is 0 Å². The Morgan fingerprint density at radius 3 is 2.30 bits per heavy atom. The number of carbonyl (C=O) groups is 2. The standard InChI is InChI=1S/C16H23N3O4/c1-17-10-15(20)18-12-9-14(23-3)13(22-2)8-11(12)16(21)19-6-4-5-7-19/h8-9,17H,4-7,10H2,1-3H3,(H,18,20). The van der Waals surface area contributed by atoms with Gasteiger partial charge in [-0.3, -0.25) is 9.59 Å². The third-order valence-corrected chi connectivity index (χ3v) is 3.76. The Bertz CT molecular complexity index is 583. The highest BCUT2D eigenvalue weighted by atomic mass is 16.5. The lowest BCUT2D eigenvalue weighted by molar-refractivity contribution is -0.115. The van der Waals surface area contributed by atoms with Crippen LogP contribution in [0.15, 0.2) is 12.1 Å². The van der Waals surface area contributed by atoms with Gasteiger partial charge in [-0.2, -0.15) is 0 Å². The lowest BCUT2D eigenvalue weighted by atomic mass is 10.1. The number of benzene rings is 1. The van der Waals surface area contributed by atoms with Gasteiger partial charge >= 0.3 is 0 Å². The molecule has 0 radical (unpaired) electrons. The molecule has 0 aromatic heterocycles. The van der Waals surface area contributed by atoms with Crippen LogP contribution in [-0.2, 0) is 4.79 Å². The summed E-state index contributed by atoms with van der Waals surface area (Å²) in [6.07, 6.45) is 2.00. The van der Waals surface area contributed by atoms with Crippen LogP contribution in [0.3, 0.4) is 0 Å². The molecule has 0 spiro atoms. The normalized spacial score (nSPS) is 13.8. The van der Waals surface area contributed by atoms with E-state index in [4.69, 9.17) is 9.47 Å². The van der Waals surface area contributed by atoms with Gasteiger partial charge in [0.2, 0.25) is 5.91 Å². The average molecular weight is 321 g/mol. The fourth-order valence-electron chi connectivity index (χ4n) is 2.60. The summed E-state index contributed by atoms with van der Waals surface area (Å²) in [5.41, 5.74) is 0.841. The molecular formula is C16H23N3O4. The molecule has 1 heterocycles. The minimum absolute atomic E-state index is 0.108. The van der Waals surface area contributed by atoms with E-state index in [1.54, 1.807) is 24.1 Å². The fraction of sp³-hybridized carbons (Fsp3) is 0.500. The second-order valence-corrected chi connectivity index (χ2v) is 5.33. The lowest BCUT2D eigenvalue weighted by Gasteiger charge is -2.20. The Morgan fingerprint density at radius 2 is 1.74 bits per heavy atom. The SMILES string of the molecule is CNCC(=O)Nc1cc(OC)c(OC)cc1C(=O)N1CCCC1. The van der Waals surface area contributed by atoms with Gasteiger partial charge in [0.25, 0.3) is 5.91 Å². The van der Waals surface area contributed by atoms with E-state index in [0.717, 1.165) is 25.9 Å². The van der Waals surface area contributed by atoms with Crippen molar-refractivity contribution in [3.05, 3.63) is 17.7 Å². The van der Waals surface area contributed by atoms with E-state index >= 15 is 0 Å². The van der Waals surface area contributed by atoms with Gasteiger partial charge in [-0.25, -0.2) is 0 Å². The summed E-state index contributed by atoms with van der Waals surface area (Å²) in [4.78, 5) is 26.4. The van der Waals surface area contributed by atoms with E-state index in [0.29, 0.717) is 22.7 Å². The van der Waals surface area contributed by atoms with Gasteiger partial charge in [0.05, 0.1) is 32.0 Å². The summed E-state index contributed by atoms with van der Waals surface area (Å²) in [6.45, 7) is 1.62. The first-order valence-corrected chi connectivity index (χ1v) is 7.60. The number of ether oxygens (including phenoxy) is 2. The predicted molar refractivity (Wildman–Crippen MR) is 87.2 cm³/mol. The molecule has 2 rings (SSSR count). The molecule has 0 unspecified atom stereocenters. The molecule has 2 N–H and O–H groups in total. The summed E-state index contributed by atoms with van der Waals surface area (Å²) < 4.78 is 10.5. The second-order valence-electron chi connectivity index (χ2n) is 5.33. The first-order valence-electron chi connectivity index (χ1n) is 7.60. The van der Waals surface area contributed by atoms with Crippen molar-refractivity contribution in [1.29, 1.82) is 0 Å². The molecule has 1 aliphatic rings. The van der Waals surface area contributed by atoms with Crippen molar-refractivity contribution in [2.75, 3.05) is 46.2 Å². The third-order valence-electron chi connectivity index (χ3n) is 3.76. The van der Waals surface area contributed by atoms with E-state index in [-0.39, 0.29) is 18.4 Å². The highest BCUT2D eigenvalue weighted by Gasteiger charge is 2.24. The number of likely N-dealkylation sites (tertiary alicyclic amines) is 1. The molecule has 1 saturated heterocycles. The van der Waals surface area contributed by atoms with Crippen LogP contribution in [0.2, 0.25) is 0 Å². The van der Waals surface area contributed by atoms with Gasteiger partial charge < -0.3 is 25.0 Å². The Morgan fingerprint density at radius 1 is 1.13 bits per heavy atom. The number of rotatable bonds is 6. The van der Waals surface area contributed by atoms with Gasteiger partial charge in [-0.05, 0) is 26.0 Å². The molecule has 126 valence electrons. The zero-order valence-corrected chi connectivity index (χ0v) is 13.8. The van der Waals surface area contributed by atoms with Crippen LogP contribution in [0.5, 0.6) is 11.5 Å². The summed E-state index contributed by atoms with van der Waals surface area (Å²) in [5.74, 6) is 0.588. The van der Waals surface area contributed by atoms with Crippen molar-refractivity contribution >= 4 is 17.5 Å². The van der Waals surface area contributed by atoms with Crippen LogP contribution in [0.25, 0.3) is 0 Å². The minimum atomic E-state index is -0.227. The first kappa shape index (κ1) is 17.1. The molecular weight excluding hydrogens is 298 g/mol. The third kappa shape index (κ3) is 3.92. The Hall–Kier alpha value is -2.28. The van der Waals surface area contributed by atoms with Gasteiger partial charge in [0, 0.05) is 19.2 Å². The Labute approximate surface area is 135 Å². The largest absolute Gasteiger partial charge is 0.493 e. The van der Waals surface area contributed by atoms with E-state index in [2.05, 4.69) is 10.6 Å². The number of likely N-dealkylation sites (N-methyl/N-ethyl adjacent to an activating group) is 1. The predicted octanol–water partition coefficient (Wildman–Crippen LogP) is 1.10. The van der Waals surface area contributed by atoms with E-state index < -0.39 is 0 Å². The van der Waals surface area contributed by atoms with Crippen molar-refractivity contribution in [2.45, 2.75) is 12.8 Å². The number of methoxy groups -OCH3 is 2. The zero-order valence-electron chi connectivity index (χ0n) is 13.8. The Balaban J connectivity index is 2.39. The quantitative estimate of drug-likeness (QED) is 0.820. The van der Waals surface area contributed by atoms with Gasteiger partial charge in [0.1, 0.15) is 0 Å². The van der Waals surface area contributed by atoms with Crippen LogP contribution in [-0.4, -0.2) is 57.6 Å². The van der Waals surface area contributed by atoms with Crippen LogP contribution in [0, 0.1) is 0 Å². The smallest absolute Gasteiger partial charge is 0.256 e. The molecule has 1 aromatic rings. The highest BCUT2D eigenvalue weighted by Crippen LogP contribution is 2.34. The number of nitrogens with one attached hydrogen (secondary N) is 2. The number of anilines is 1. The molecule has 2 amide bonds. The average Bonchev–Trinajstić information content (AvgIpc) is 3.08. The topological polar surface area (TPSA) is 79.9 Å². The zero-order chi connectivity index (χ0) is 16.8. The monoisotopic (exact) mass is 321 g/mol. The fourth-order valence-corrected chi connectivity index (χ4v) is 2.60. The number of amides is 2. The molecule has 0 atom stereocenters. The molecule has 1 aromatic carbocycles. The molecule has 0 aliphatic carbocycles. The van der Waals surface area contributed by atoms with Crippen LogP contribution >= 0.6 is 0 Å². The number of hydrogen-bond acceptors (Lipinski definition) is 5. The van der Waals surface area contributed by atoms with Crippen molar-refractivity contribution in [3.63, 3.8) is 0 Å². The van der Waals surface area contributed by atoms with Crippen molar-refractivity contribution in [3.8, 4) is 11.5 Å². The summed E-state index contributed by atoms with van der Waals surface area (Å²) in [6, 6.07) is 3.24. The Kier molecular flexibility index (Phi) is 5.81. The molecule has 7 nitrogen and oxygen atoms in total. The van der Waals surface area contributed by atoms with Crippen molar-refractivity contribution in [1.82, 2.24) is 10.2 Å². The van der Waals surface area contributed by atoms with Crippen molar-refractivity contribution in [2.24, 2.45) is 0 Å². The molecule has 7 heteroatoms. The van der Waals surface area contributed by atoms with Gasteiger partial charge in [-0.15, -0.1) is 0 Å². The molecule has 23 heavy (non-hydrogen) atoms. The van der Waals surface area contributed by atoms with Crippen LogP contribution in [0.1, 0.15) is 23.2 Å². The van der Waals surface area contributed by atoms with Crippen LogP contribution in [0.4, 0.5) is 5.69 Å². The summed E-state index contributed by atoms with van der Waals surface area (Å²) in [5, 5.41) is 5.54. The maximum absolute atomic E-state index is 12.7. The minimum Gasteiger partial charge on any atom is -0.493 e. The molecule has 0 saturated carbocycles. The highest BCUT2D eigenvalue weighted by molar-refractivity contribution is 6.05. The number of hydrogen-bond donors (Lipinski definition) is 2. The van der Waals surface area contributed by atoms with E-state index in [1.165, 1.54) is 14.2 Å². The maximum atomic E-state index is 12.7. The number of carbonyl (C=O) groups excluding carboxylic acids is 2. The lowest BCUT2D eigenvalue weighted by Crippen LogP contribution is -2.30.